The topological polar surface area (TPSA) is 41.6 Å². The lowest BCUT2D eigenvalue weighted by atomic mass is 10.0. The van der Waals surface area contributed by atoms with Crippen LogP contribution in [0.1, 0.15) is 11.1 Å². The van der Waals surface area contributed by atoms with Crippen molar-refractivity contribution >= 4 is 0 Å². The van der Waals surface area contributed by atoms with Gasteiger partial charge in [-0.1, -0.05) is 12.1 Å². The number of imidazole rings is 1. The van der Waals surface area contributed by atoms with Gasteiger partial charge in [-0.3, -0.25) is 0 Å². The highest BCUT2D eigenvalue weighted by Crippen LogP contribution is 2.32. The fourth-order valence-electron chi connectivity index (χ4n) is 1.94. The molecule has 0 saturated carbocycles. The summed E-state index contributed by atoms with van der Waals surface area (Å²) < 4.78 is 2.06. The van der Waals surface area contributed by atoms with Gasteiger partial charge in [0.05, 0.1) is 11.6 Å². The Morgan fingerprint density at radius 1 is 1.43 bits per heavy atom. The summed E-state index contributed by atoms with van der Waals surface area (Å²) in [6, 6.07) is 8.01. The lowest BCUT2D eigenvalue weighted by Gasteiger charge is -1.98. The van der Waals surface area contributed by atoms with Crippen LogP contribution in [0.5, 0.6) is 0 Å². The van der Waals surface area contributed by atoms with Gasteiger partial charge in [0.25, 0.3) is 0 Å². The molecule has 66 valence electrons. The smallest absolute Gasteiger partial charge is 0.141 e. The summed E-state index contributed by atoms with van der Waals surface area (Å²) in [7, 11) is 0. The number of hydrogen-bond donors (Lipinski definition) is 0. The molecular weight excluding hydrogens is 174 g/mol. The van der Waals surface area contributed by atoms with Crippen LogP contribution in [0, 0.1) is 11.3 Å². The molecular formula is C11H7N3. The summed E-state index contributed by atoms with van der Waals surface area (Å²) in [6.45, 7) is 0.834. The van der Waals surface area contributed by atoms with Crippen molar-refractivity contribution in [2.75, 3.05) is 0 Å². The molecule has 0 radical (unpaired) electrons. The first kappa shape index (κ1) is 7.34. The minimum atomic E-state index is 0.715. The van der Waals surface area contributed by atoms with Crippen molar-refractivity contribution < 1.29 is 0 Å². The average molecular weight is 181 g/mol. The van der Waals surface area contributed by atoms with E-state index in [0.29, 0.717) is 5.56 Å². The summed E-state index contributed by atoms with van der Waals surface area (Å²) in [4.78, 5) is 4.26. The van der Waals surface area contributed by atoms with Crippen LogP contribution in [-0.4, -0.2) is 9.55 Å². The van der Waals surface area contributed by atoms with Crippen LogP contribution >= 0.6 is 0 Å². The molecule has 0 atom stereocenters. The highest BCUT2D eigenvalue weighted by atomic mass is 15.1. The molecule has 0 saturated heterocycles. The zero-order valence-electron chi connectivity index (χ0n) is 7.44. The Morgan fingerprint density at radius 3 is 3.21 bits per heavy atom. The maximum absolute atomic E-state index is 8.98. The standard InChI is InChI=1S/C11H7N3/c12-6-8-2-1-3-9-7-14-5-4-13-11(14)10(8)9/h1-5H,7H2. The van der Waals surface area contributed by atoms with E-state index in [9.17, 15) is 0 Å². The molecule has 0 N–H and O–H groups in total. The van der Waals surface area contributed by atoms with Gasteiger partial charge < -0.3 is 4.57 Å². The summed E-state index contributed by atoms with van der Waals surface area (Å²) in [6.07, 6.45) is 3.71. The second kappa shape index (κ2) is 2.46. The van der Waals surface area contributed by atoms with E-state index in [1.807, 2.05) is 24.4 Å². The van der Waals surface area contributed by atoms with E-state index in [0.717, 1.165) is 17.9 Å². The van der Waals surface area contributed by atoms with Crippen LogP contribution in [0.3, 0.4) is 0 Å². The summed E-state index contributed by atoms with van der Waals surface area (Å²) in [5.74, 6) is 0.914. The van der Waals surface area contributed by atoms with E-state index >= 15 is 0 Å². The molecule has 0 amide bonds. The van der Waals surface area contributed by atoms with Gasteiger partial charge in [-0.25, -0.2) is 4.98 Å². The van der Waals surface area contributed by atoms with Crippen molar-refractivity contribution in [3.05, 3.63) is 41.7 Å². The number of nitrogens with zero attached hydrogens (tertiary/aromatic N) is 3. The van der Waals surface area contributed by atoms with Crippen LogP contribution in [0.2, 0.25) is 0 Å². The van der Waals surface area contributed by atoms with E-state index < -0.39 is 0 Å². The first-order valence-corrected chi connectivity index (χ1v) is 4.43. The number of rotatable bonds is 0. The van der Waals surface area contributed by atoms with Crippen LogP contribution in [-0.2, 0) is 6.54 Å². The van der Waals surface area contributed by atoms with E-state index in [4.69, 9.17) is 5.26 Å². The van der Waals surface area contributed by atoms with Crippen molar-refractivity contribution in [1.82, 2.24) is 9.55 Å². The largest absolute Gasteiger partial charge is 0.326 e. The molecule has 0 bridgehead atoms. The predicted octanol–water partition coefficient (Wildman–Crippen LogP) is 1.78. The Kier molecular flexibility index (Phi) is 1.29. The molecule has 2 heterocycles. The first-order valence-electron chi connectivity index (χ1n) is 4.43. The Balaban J connectivity index is 2.38. The van der Waals surface area contributed by atoms with Crippen LogP contribution < -0.4 is 0 Å². The van der Waals surface area contributed by atoms with Crippen molar-refractivity contribution in [2.24, 2.45) is 0 Å². The minimum absolute atomic E-state index is 0.715. The number of nitriles is 1. The lowest BCUT2D eigenvalue weighted by Crippen LogP contribution is -1.88. The van der Waals surface area contributed by atoms with E-state index in [1.54, 1.807) is 6.20 Å². The molecule has 3 rings (SSSR count). The first-order chi connectivity index (χ1) is 6.90. The van der Waals surface area contributed by atoms with Gasteiger partial charge in [-0.15, -0.1) is 0 Å². The van der Waals surface area contributed by atoms with Crippen molar-refractivity contribution in [1.29, 1.82) is 5.26 Å². The number of fused-ring (bicyclic) bond motifs is 3. The molecule has 3 nitrogen and oxygen atoms in total. The van der Waals surface area contributed by atoms with Gasteiger partial charge in [-0.2, -0.15) is 5.26 Å². The maximum Gasteiger partial charge on any atom is 0.141 e. The molecule has 2 aromatic rings. The van der Waals surface area contributed by atoms with Gasteiger partial charge in [0.2, 0.25) is 0 Å². The Labute approximate surface area is 81.2 Å². The van der Waals surface area contributed by atoms with Gasteiger partial charge >= 0.3 is 0 Å². The van der Waals surface area contributed by atoms with Crippen LogP contribution in [0.15, 0.2) is 30.6 Å². The summed E-state index contributed by atoms with van der Waals surface area (Å²) >= 11 is 0. The zero-order valence-corrected chi connectivity index (χ0v) is 7.44. The van der Waals surface area contributed by atoms with Crippen LogP contribution in [0.25, 0.3) is 11.4 Å². The highest BCUT2D eigenvalue weighted by Gasteiger charge is 2.21. The maximum atomic E-state index is 8.98. The van der Waals surface area contributed by atoms with E-state index in [2.05, 4.69) is 15.6 Å². The number of hydrogen-bond acceptors (Lipinski definition) is 2. The predicted molar refractivity (Wildman–Crippen MR) is 51.5 cm³/mol. The number of aromatic nitrogens is 2. The fourth-order valence-corrected chi connectivity index (χ4v) is 1.94. The third-order valence-corrected chi connectivity index (χ3v) is 2.55. The fraction of sp³-hybridized carbons (Fsp3) is 0.0909. The molecule has 1 aliphatic heterocycles. The van der Waals surface area contributed by atoms with Gasteiger partial charge in [-0.05, 0) is 11.6 Å². The summed E-state index contributed by atoms with van der Waals surface area (Å²) in [5, 5.41) is 8.98. The molecule has 1 aliphatic rings. The highest BCUT2D eigenvalue weighted by molar-refractivity contribution is 5.71. The monoisotopic (exact) mass is 181 g/mol. The Bertz CT molecular complexity index is 546. The summed E-state index contributed by atoms with van der Waals surface area (Å²) in [5.41, 5.74) is 2.90. The average Bonchev–Trinajstić information content (AvgIpc) is 2.75. The third kappa shape index (κ3) is 0.775. The molecule has 1 aromatic heterocycles. The third-order valence-electron chi connectivity index (χ3n) is 2.55. The molecule has 0 aliphatic carbocycles. The SMILES string of the molecule is N#Cc1cccc2c1-c1nccn1C2. The quantitative estimate of drug-likeness (QED) is 0.530. The van der Waals surface area contributed by atoms with E-state index in [1.165, 1.54) is 5.56 Å². The van der Waals surface area contributed by atoms with Crippen molar-refractivity contribution in [3.8, 4) is 17.5 Å². The Morgan fingerprint density at radius 2 is 2.36 bits per heavy atom. The zero-order chi connectivity index (χ0) is 9.54. The molecule has 3 heteroatoms. The van der Waals surface area contributed by atoms with Gasteiger partial charge in [0, 0.05) is 24.5 Å². The second-order valence-electron chi connectivity index (χ2n) is 3.33. The molecule has 1 aromatic carbocycles. The van der Waals surface area contributed by atoms with Crippen molar-refractivity contribution in [2.45, 2.75) is 6.54 Å². The molecule has 14 heavy (non-hydrogen) atoms. The number of benzene rings is 1. The minimum Gasteiger partial charge on any atom is -0.326 e. The van der Waals surface area contributed by atoms with E-state index in [-0.39, 0.29) is 0 Å². The second-order valence-corrected chi connectivity index (χ2v) is 3.33. The Hall–Kier alpha value is -2.08. The normalized spacial score (nSPS) is 11.9. The molecule has 0 fully saturated rings. The molecule has 0 spiro atoms. The van der Waals surface area contributed by atoms with Crippen LogP contribution in [0.4, 0.5) is 0 Å². The van der Waals surface area contributed by atoms with Gasteiger partial charge in [0.1, 0.15) is 5.82 Å². The van der Waals surface area contributed by atoms with Crippen molar-refractivity contribution in [3.63, 3.8) is 0 Å². The lowest BCUT2D eigenvalue weighted by molar-refractivity contribution is 0.848. The van der Waals surface area contributed by atoms with Gasteiger partial charge in [0.15, 0.2) is 0 Å². The molecule has 0 unspecified atom stereocenters.